The lowest BCUT2D eigenvalue weighted by Crippen LogP contribution is -2.38. The summed E-state index contributed by atoms with van der Waals surface area (Å²) in [5.41, 5.74) is 0.933. The van der Waals surface area contributed by atoms with Gasteiger partial charge in [-0.25, -0.2) is 13.1 Å². The molecule has 0 heterocycles. The number of hydrogen-bond acceptors (Lipinski definition) is 3. The third-order valence-corrected chi connectivity index (χ3v) is 3.98. The fourth-order valence-electron chi connectivity index (χ4n) is 1.27. The molecule has 1 rings (SSSR count). The van der Waals surface area contributed by atoms with E-state index in [1.807, 2.05) is 30.3 Å². The Labute approximate surface area is 106 Å². The van der Waals surface area contributed by atoms with Gasteiger partial charge in [0.15, 0.2) is 0 Å². The van der Waals surface area contributed by atoms with E-state index in [1.54, 1.807) is 0 Å². The van der Waals surface area contributed by atoms with Gasteiger partial charge >= 0.3 is 0 Å². The van der Waals surface area contributed by atoms with Crippen LogP contribution in [-0.2, 0) is 21.2 Å². The smallest absolute Gasteiger partial charge is 0.239 e. The molecule has 0 radical (unpaired) electrons. The zero-order valence-corrected chi connectivity index (χ0v) is 11.0. The quantitative estimate of drug-likeness (QED) is 0.796. The lowest BCUT2D eigenvalue weighted by molar-refractivity contribution is -0.112. The number of carbonyl (C=O) groups is 1. The SMILES string of the molecule is CC(NS(=O)(=O)CCc1ccccc1)C(=O)Cl. The first-order chi connectivity index (χ1) is 7.91. The summed E-state index contributed by atoms with van der Waals surface area (Å²) >= 11 is 5.19. The molecule has 1 aromatic carbocycles. The Morgan fingerprint density at radius 1 is 1.35 bits per heavy atom. The molecule has 0 aliphatic rings. The van der Waals surface area contributed by atoms with Crippen LogP contribution in [0.5, 0.6) is 0 Å². The first-order valence-corrected chi connectivity index (χ1v) is 7.17. The molecule has 6 heteroatoms. The Morgan fingerprint density at radius 2 is 1.94 bits per heavy atom. The second kappa shape index (κ2) is 6.14. The van der Waals surface area contributed by atoms with Crippen LogP contribution in [-0.4, -0.2) is 25.5 Å². The van der Waals surface area contributed by atoms with Crippen LogP contribution in [0.15, 0.2) is 30.3 Å². The van der Waals surface area contributed by atoms with Gasteiger partial charge in [0.1, 0.15) is 0 Å². The number of rotatable bonds is 6. The summed E-state index contributed by atoms with van der Waals surface area (Å²) in [7, 11) is -3.48. The van der Waals surface area contributed by atoms with Gasteiger partial charge in [0.05, 0.1) is 11.8 Å². The summed E-state index contributed by atoms with van der Waals surface area (Å²) in [6, 6.07) is 8.37. The van der Waals surface area contributed by atoms with Crippen molar-refractivity contribution in [3.63, 3.8) is 0 Å². The molecule has 0 bridgehead atoms. The molecule has 94 valence electrons. The van der Waals surface area contributed by atoms with E-state index in [0.29, 0.717) is 6.42 Å². The minimum absolute atomic E-state index is 0.0640. The number of aryl methyl sites for hydroxylation is 1. The summed E-state index contributed by atoms with van der Waals surface area (Å²) in [6.07, 6.45) is 0.402. The number of halogens is 1. The highest BCUT2D eigenvalue weighted by Crippen LogP contribution is 2.02. The standard InChI is InChI=1S/C11H14ClNO3S/c1-9(11(12)14)13-17(15,16)8-7-10-5-3-2-4-6-10/h2-6,9,13H,7-8H2,1H3. The fourth-order valence-corrected chi connectivity index (χ4v) is 2.66. The van der Waals surface area contributed by atoms with Crippen molar-refractivity contribution in [2.45, 2.75) is 19.4 Å². The molecule has 1 aromatic rings. The lowest BCUT2D eigenvalue weighted by atomic mass is 10.2. The highest BCUT2D eigenvalue weighted by atomic mass is 35.5. The van der Waals surface area contributed by atoms with Crippen LogP contribution in [0.2, 0.25) is 0 Å². The molecule has 0 amide bonds. The first-order valence-electron chi connectivity index (χ1n) is 5.14. The molecule has 0 spiro atoms. The topological polar surface area (TPSA) is 63.2 Å². The minimum atomic E-state index is -3.48. The first kappa shape index (κ1) is 14.2. The van der Waals surface area contributed by atoms with Crippen molar-refractivity contribution in [2.24, 2.45) is 0 Å². The molecule has 0 aliphatic heterocycles. The van der Waals surface area contributed by atoms with Gasteiger partial charge < -0.3 is 0 Å². The van der Waals surface area contributed by atoms with Gasteiger partial charge in [0, 0.05) is 0 Å². The maximum atomic E-state index is 11.6. The van der Waals surface area contributed by atoms with E-state index in [9.17, 15) is 13.2 Å². The normalized spacial score (nSPS) is 13.3. The van der Waals surface area contributed by atoms with Gasteiger partial charge in [-0.1, -0.05) is 30.3 Å². The highest BCUT2D eigenvalue weighted by Gasteiger charge is 2.18. The highest BCUT2D eigenvalue weighted by molar-refractivity contribution is 7.89. The van der Waals surface area contributed by atoms with E-state index < -0.39 is 21.3 Å². The van der Waals surface area contributed by atoms with Gasteiger partial charge in [-0.2, -0.15) is 0 Å². The summed E-state index contributed by atoms with van der Waals surface area (Å²) in [4.78, 5) is 10.7. The Hall–Kier alpha value is -0.910. The van der Waals surface area contributed by atoms with Crippen molar-refractivity contribution in [2.75, 3.05) is 5.75 Å². The number of hydrogen-bond donors (Lipinski definition) is 1. The van der Waals surface area contributed by atoms with E-state index in [4.69, 9.17) is 11.6 Å². The lowest BCUT2D eigenvalue weighted by Gasteiger charge is -2.10. The van der Waals surface area contributed by atoms with Crippen molar-refractivity contribution in [1.82, 2.24) is 4.72 Å². The van der Waals surface area contributed by atoms with Crippen LogP contribution in [0.1, 0.15) is 12.5 Å². The third-order valence-electron chi connectivity index (χ3n) is 2.20. The van der Waals surface area contributed by atoms with E-state index in [1.165, 1.54) is 6.92 Å². The maximum Gasteiger partial charge on any atom is 0.239 e. The molecule has 4 nitrogen and oxygen atoms in total. The van der Waals surface area contributed by atoms with E-state index in [0.717, 1.165) is 5.56 Å². The monoisotopic (exact) mass is 275 g/mol. The van der Waals surface area contributed by atoms with Gasteiger partial charge in [0.25, 0.3) is 0 Å². The molecule has 0 fully saturated rings. The van der Waals surface area contributed by atoms with Crippen LogP contribution in [0.25, 0.3) is 0 Å². The van der Waals surface area contributed by atoms with Crippen molar-refractivity contribution >= 4 is 26.9 Å². The fraction of sp³-hybridized carbons (Fsp3) is 0.364. The second-order valence-electron chi connectivity index (χ2n) is 3.70. The summed E-state index contributed by atoms with van der Waals surface area (Å²) in [5.74, 6) is -0.0640. The zero-order valence-electron chi connectivity index (χ0n) is 9.39. The number of carbonyl (C=O) groups excluding carboxylic acids is 1. The predicted molar refractivity (Wildman–Crippen MR) is 67.4 cm³/mol. The molecule has 0 saturated heterocycles. The van der Waals surface area contributed by atoms with Crippen molar-refractivity contribution in [3.8, 4) is 0 Å². The van der Waals surface area contributed by atoms with Gasteiger partial charge in [-0.15, -0.1) is 0 Å². The van der Waals surface area contributed by atoms with Crippen molar-refractivity contribution < 1.29 is 13.2 Å². The largest absolute Gasteiger partial charge is 0.279 e. The molecule has 0 saturated carbocycles. The zero-order chi connectivity index (χ0) is 12.9. The summed E-state index contributed by atoms with van der Waals surface area (Å²) < 4.78 is 25.4. The third kappa shape index (κ3) is 5.30. The van der Waals surface area contributed by atoms with E-state index in [2.05, 4.69) is 4.72 Å². The Bertz CT molecular complexity index is 473. The van der Waals surface area contributed by atoms with Crippen molar-refractivity contribution in [3.05, 3.63) is 35.9 Å². The van der Waals surface area contributed by atoms with Gasteiger partial charge in [0.2, 0.25) is 15.3 Å². The second-order valence-corrected chi connectivity index (χ2v) is 5.94. The molecule has 1 unspecified atom stereocenters. The summed E-state index contributed by atoms with van der Waals surface area (Å²) in [5, 5.41) is -0.715. The molecule has 0 aromatic heterocycles. The number of sulfonamides is 1. The average molecular weight is 276 g/mol. The van der Waals surface area contributed by atoms with Crippen molar-refractivity contribution in [1.29, 1.82) is 0 Å². The Kier molecular flexibility index (Phi) is 5.11. The molecular weight excluding hydrogens is 262 g/mol. The van der Waals surface area contributed by atoms with Gasteiger partial charge in [-0.3, -0.25) is 4.79 Å². The predicted octanol–water partition coefficient (Wildman–Crippen LogP) is 1.30. The van der Waals surface area contributed by atoms with Crippen LogP contribution in [0, 0.1) is 0 Å². The van der Waals surface area contributed by atoms with Crippen LogP contribution in [0.4, 0.5) is 0 Å². The molecule has 1 N–H and O–H groups in total. The summed E-state index contributed by atoms with van der Waals surface area (Å²) in [6.45, 7) is 1.41. The van der Waals surface area contributed by atoms with Gasteiger partial charge in [-0.05, 0) is 30.5 Å². The maximum absolute atomic E-state index is 11.6. The Morgan fingerprint density at radius 3 is 2.47 bits per heavy atom. The van der Waals surface area contributed by atoms with Crippen LogP contribution >= 0.6 is 11.6 Å². The molecule has 0 aliphatic carbocycles. The van der Waals surface area contributed by atoms with E-state index in [-0.39, 0.29) is 5.75 Å². The minimum Gasteiger partial charge on any atom is -0.279 e. The van der Waals surface area contributed by atoms with Crippen LogP contribution in [0.3, 0.4) is 0 Å². The molecule has 1 atom stereocenters. The number of benzene rings is 1. The molecular formula is C11H14ClNO3S. The van der Waals surface area contributed by atoms with Crippen LogP contribution < -0.4 is 4.72 Å². The average Bonchev–Trinajstić information content (AvgIpc) is 2.27. The Balaban J connectivity index is 2.54. The van der Waals surface area contributed by atoms with E-state index >= 15 is 0 Å². The number of nitrogens with one attached hydrogen (secondary N) is 1. The molecule has 17 heavy (non-hydrogen) atoms.